The zero-order valence-electron chi connectivity index (χ0n) is 9.54. The fraction of sp³-hybridized carbons (Fsp3) is 0.300. The monoisotopic (exact) mass is 266 g/mol. The van der Waals surface area contributed by atoms with Crippen LogP contribution < -0.4 is 0 Å². The zero-order chi connectivity index (χ0) is 13.0. The van der Waals surface area contributed by atoms with Gasteiger partial charge in [-0.2, -0.15) is 0 Å². The number of hydrogen-bond donors (Lipinski definition) is 1. The standard InChI is InChI=1S/C10H10N4O3S/c1-2-17-10(16)9(15)7-4-3-6(18-7)5-8-11-13-14-12-8/h3-4H,2,5H2,1H3,(H,11,12,13,14). The maximum Gasteiger partial charge on any atom is 0.380 e. The SMILES string of the molecule is CCOC(=O)C(=O)c1ccc(Cc2nnn[nH]2)s1. The van der Waals surface area contributed by atoms with Gasteiger partial charge in [-0.3, -0.25) is 4.79 Å². The van der Waals surface area contributed by atoms with E-state index in [1.54, 1.807) is 19.1 Å². The zero-order valence-corrected chi connectivity index (χ0v) is 10.4. The molecular formula is C10H10N4O3S. The van der Waals surface area contributed by atoms with Gasteiger partial charge in [-0.25, -0.2) is 9.89 Å². The number of nitrogens with zero attached hydrogens (tertiary/aromatic N) is 3. The summed E-state index contributed by atoms with van der Waals surface area (Å²) < 4.78 is 4.65. The minimum atomic E-state index is -0.827. The third kappa shape index (κ3) is 2.77. The molecule has 7 nitrogen and oxygen atoms in total. The number of hydrogen-bond acceptors (Lipinski definition) is 7. The summed E-state index contributed by atoms with van der Waals surface area (Å²) in [6, 6.07) is 3.36. The van der Waals surface area contributed by atoms with Gasteiger partial charge < -0.3 is 4.74 Å². The third-order valence-corrected chi connectivity index (χ3v) is 3.16. The molecule has 0 bridgehead atoms. The number of ether oxygens (including phenoxy) is 1. The molecule has 94 valence electrons. The van der Waals surface area contributed by atoms with Crippen molar-refractivity contribution < 1.29 is 14.3 Å². The fourth-order valence-corrected chi connectivity index (χ4v) is 2.25. The van der Waals surface area contributed by atoms with Crippen molar-refractivity contribution >= 4 is 23.1 Å². The van der Waals surface area contributed by atoms with Crippen molar-refractivity contribution in [2.24, 2.45) is 0 Å². The molecule has 0 amide bonds. The van der Waals surface area contributed by atoms with Gasteiger partial charge in [0.2, 0.25) is 0 Å². The maximum absolute atomic E-state index is 11.6. The van der Waals surface area contributed by atoms with Crippen molar-refractivity contribution in [2.45, 2.75) is 13.3 Å². The van der Waals surface area contributed by atoms with Gasteiger partial charge in [0, 0.05) is 11.3 Å². The Kier molecular flexibility index (Phi) is 3.78. The summed E-state index contributed by atoms with van der Waals surface area (Å²) in [6.45, 7) is 1.84. The summed E-state index contributed by atoms with van der Waals surface area (Å²) in [4.78, 5) is 24.2. The molecule has 0 aliphatic carbocycles. The quantitative estimate of drug-likeness (QED) is 0.483. The van der Waals surface area contributed by atoms with Crippen LogP contribution in [0, 0.1) is 0 Å². The van der Waals surface area contributed by atoms with Crippen LogP contribution in [-0.2, 0) is 16.0 Å². The lowest BCUT2D eigenvalue weighted by Gasteiger charge is -1.97. The molecule has 0 atom stereocenters. The molecule has 0 fully saturated rings. The van der Waals surface area contributed by atoms with E-state index in [0.717, 1.165) is 4.88 Å². The van der Waals surface area contributed by atoms with Crippen LogP contribution in [0.5, 0.6) is 0 Å². The van der Waals surface area contributed by atoms with Crippen LogP contribution in [0.2, 0.25) is 0 Å². The number of esters is 1. The first-order valence-electron chi connectivity index (χ1n) is 5.23. The van der Waals surface area contributed by atoms with E-state index < -0.39 is 11.8 Å². The molecule has 0 aliphatic rings. The summed E-state index contributed by atoms with van der Waals surface area (Å²) in [5.41, 5.74) is 0. The van der Waals surface area contributed by atoms with Crippen molar-refractivity contribution in [1.82, 2.24) is 20.6 Å². The lowest BCUT2D eigenvalue weighted by Crippen LogP contribution is -2.16. The summed E-state index contributed by atoms with van der Waals surface area (Å²) in [5.74, 6) is -0.844. The molecule has 0 aromatic carbocycles. The van der Waals surface area contributed by atoms with Gasteiger partial charge >= 0.3 is 5.97 Å². The molecule has 1 N–H and O–H groups in total. The number of tetrazole rings is 1. The van der Waals surface area contributed by atoms with Gasteiger partial charge in [0.15, 0.2) is 5.82 Å². The molecule has 2 rings (SSSR count). The van der Waals surface area contributed by atoms with E-state index >= 15 is 0 Å². The normalized spacial score (nSPS) is 10.3. The van der Waals surface area contributed by atoms with Crippen molar-refractivity contribution in [2.75, 3.05) is 6.61 Å². The Morgan fingerprint density at radius 3 is 2.94 bits per heavy atom. The number of aromatic amines is 1. The Balaban J connectivity index is 2.06. The van der Waals surface area contributed by atoms with Gasteiger partial charge in [-0.15, -0.1) is 16.4 Å². The summed E-state index contributed by atoms with van der Waals surface area (Å²) in [7, 11) is 0. The number of thiophene rings is 1. The number of nitrogens with one attached hydrogen (secondary N) is 1. The van der Waals surface area contributed by atoms with Crippen LogP contribution in [-0.4, -0.2) is 39.0 Å². The average Bonchev–Trinajstić information content (AvgIpc) is 3.00. The first kappa shape index (κ1) is 12.4. The molecule has 2 heterocycles. The number of carbonyl (C=O) groups is 2. The molecule has 0 saturated carbocycles. The van der Waals surface area contributed by atoms with E-state index in [1.807, 2.05) is 0 Å². The Hall–Kier alpha value is -2.09. The van der Waals surface area contributed by atoms with Crippen LogP contribution in [0.3, 0.4) is 0 Å². The Morgan fingerprint density at radius 1 is 1.44 bits per heavy atom. The topological polar surface area (TPSA) is 97.8 Å². The predicted octanol–water partition coefficient (Wildman–Crippen LogP) is 0.598. The van der Waals surface area contributed by atoms with Gasteiger partial charge in [-0.05, 0) is 29.5 Å². The van der Waals surface area contributed by atoms with Crippen LogP contribution in [0.1, 0.15) is 27.3 Å². The van der Waals surface area contributed by atoms with E-state index in [9.17, 15) is 9.59 Å². The second kappa shape index (κ2) is 5.50. The summed E-state index contributed by atoms with van der Waals surface area (Å²) in [6.07, 6.45) is 0.494. The number of ketones is 1. The van der Waals surface area contributed by atoms with E-state index in [2.05, 4.69) is 25.4 Å². The highest BCUT2D eigenvalue weighted by molar-refractivity contribution is 7.14. The molecule has 2 aromatic rings. The lowest BCUT2D eigenvalue weighted by atomic mass is 10.3. The minimum Gasteiger partial charge on any atom is -0.460 e. The van der Waals surface area contributed by atoms with Gasteiger partial charge in [-0.1, -0.05) is 0 Å². The van der Waals surface area contributed by atoms with Crippen LogP contribution in [0.4, 0.5) is 0 Å². The van der Waals surface area contributed by atoms with E-state index in [1.165, 1.54) is 11.3 Å². The second-order valence-electron chi connectivity index (χ2n) is 3.34. The van der Waals surface area contributed by atoms with Gasteiger partial charge in [0.1, 0.15) is 0 Å². The van der Waals surface area contributed by atoms with E-state index in [4.69, 9.17) is 0 Å². The van der Waals surface area contributed by atoms with Crippen molar-refractivity contribution in [3.8, 4) is 0 Å². The lowest BCUT2D eigenvalue weighted by molar-refractivity contribution is -0.137. The molecule has 8 heteroatoms. The Labute approximate surface area is 106 Å². The molecule has 0 unspecified atom stereocenters. The first-order valence-corrected chi connectivity index (χ1v) is 6.05. The number of H-pyrrole nitrogens is 1. The Bertz CT molecular complexity index is 549. The highest BCUT2D eigenvalue weighted by atomic mass is 32.1. The molecule has 0 spiro atoms. The van der Waals surface area contributed by atoms with Crippen LogP contribution >= 0.6 is 11.3 Å². The van der Waals surface area contributed by atoms with Crippen molar-refractivity contribution in [3.63, 3.8) is 0 Å². The molecule has 0 saturated heterocycles. The summed E-state index contributed by atoms with van der Waals surface area (Å²) in [5, 5.41) is 13.3. The molecule has 18 heavy (non-hydrogen) atoms. The first-order chi connectivity index (χ1) is 8.70. The smallest absolute Gasteiger partial charge is 0.380 e. The number of aromatic nitrogens is 4. The number of carbonyl (C=O) groups excluding carboxylic acids is 2. The molecule has 0 aliphatic heterocycles. The van der Waals surface area contributed by atoms with Crippen molar-refractivity contribution in [1.29, 1.82) is 0 Å². The second-order valence-corrected chi connectivity index (χ2v) is 4.51. The maximum atomic E-state index is 11.6. The van der Waals surface area contributed by atoms with E-state index in [-0.39, 0.29) is 6.61 Å². The highest BCUT2D eigenvalue weighted by Gasteiger charge is 2.19. The van der Waals surface area contributed by atoms with Crippen molar-refractivity contribution in [3.05, 3.63) is 27.7 Å². The minimum absolute atomic E-state index is 0.187. The van der Waals surface area contributed by atoms with Crippen LogP contribution in [0.25, 0.3) is 0 Å². The molecule has 2 aromatic heterocycles. The van der Waals surface area contributed by atoms with Gasteiger partial charge in [0.25, 0.3) is 5.78 Å². The highest BCUT2D eigenvalue weighted by Crippen LogP contribution is 2.19. The Morgan fingerprint density at radius 2 is 2.28 bits per heavy atom. The average molecular weight is 266 g/mol. The largest absolute Gasteiger partial charge is 0.460 e. The molecule has 0 radical (unpaired) electrons. The predicted molar refractivity (Wildman–Crippen MR) is 62.3 cm³/mol. The number of Topliss-reactive ketones (excluding diaryl/α,β-unsaturated/α-hetero) is 1. The molecular weight excluding hydrogens is 256 g/mol. The van der Waals surface area contributed by atoms with Crippen LogP contribution in [0.15, 0.2) is 12.1 Å². The van der Waals surface area contributed by atoms with Gasteiger partial charge in [0.05, 0.1) is 11.5 Å². The third-order valence-electron chi connectivity index (χ3n) is 2.08. The fourth-order valence-electron chi connectivity index (χ4n) is 1.31. The summed E-state index contributed by atoms with van der Waals surface area (Å²) >= 11 is 1.23. The number of rotatable bonds is 5. The van der Waals surface area contributed by atoms with E-state index in [0.29, 0.717) is 17.1 Å².